The van der Waals surface area contributed by atoms with Crippen LogP contribution in [0.25, 0.3) is 0 Å². The van der Waals surface area contributed by atoms with Gasteiger partial charge in [-0.2, -0.15) is 4.31 Å². The van der Waals surface area contributed by atoms with E-state index in [0.717, 1.165) is 12.0 Å². The largest absolute Gasteiger partial charge is 0.372 e. The van der Waals surface area contributed by atoms with Crippen molar-refractivity contribution in [3.05, 3.63) is 47.6 Å². The summed E-state index contributed by atoms with van der Waals surface area (Å²) in [6.07, 6.45) is 4.13. The minimum Gasteiger partial charge on any atom is -0.372 e. The van der Waals surface area contributed by atoms with Gasteiger partial charge in [0.25, 0.3) is 10.0 Å². The van der Waals surface area contributed by atoms with Crippen molar-refractivity contribution < 1.29 is 13.2 Å². The van der Waals surface area contributed by atoms with E-state index in [1.807, 2.05) is 12.1 Å². The summed E-state index contributed by atoms with van der Waals surface area (Å²) >= 11 is 1.25. The van der Waals surface area contributed by atoms with E-state index < -0.39 is 10.0 Å². The Hall–Kier alpha value is -1.28. The van der Waals surface area contributed by atoms with E-state index in [2.05, 4.69) is 4.98 Å². The van der Waals surface area contributed by atoms with E-state index in [0.29, 0.717) is 23.9 Å². The second-order valence-electron chi connectivity index (χ2n) is 4.87. The predicted molar refractivity (Wildman–Crippen MR) is 80.5 cm³/mol. The lowest BCUT2D eigenvalue weighted by molar-refractivity contribution is 0.0508. The molecule has 21 heavy (non-hydrogen) atoms. The van der Waals surface area contributed by atoms with Crippen molar-refractivity contribution in [3.63, 3.8) is 0 Å². The SMILES string of the molecule is O=S(=O)(c1cccs1)N1CC[C@H](OCc2ccncc2)C1. The first-order valence-corrected chi connectivity index (χ1v) is 9.02. The number of sulfonamides is 1. The minimum absolute atomic E-state index is 0.0482. The Morgan fingerprint density at radius 2 is 2.14 bits per heavy atom. The van der Waals surface area contributed by atoms with Gasteiger partial charge in [-0.15, -0.1) is 11.3 Å². The van der Waals surface area contributed by atoms with Gasteiger partial charge in [-0.25, -0.2) is 8.42 Å². The highest BCUT2D eigenvalue weighted by molar-refractivity contribution is 7.91. The van der Waals surface area contributed by atoms with Crippen LogP contribution in [0.3, 0.4) is 0 Å². The molecule has 3 heterocycles. The van der Waals surface area contributed by atoms with E-state index in [1.54, 1.807) is 29.9 Å². The molecule has 1 fully saturated rings. The van der Waals surface area contributed by atoms with Crippen LogP contribution >= 0.6 is 11.3 Å². The second kappa shape index (κ2) is 6.23. The van der Waals surface area contributed by atoms with Crippen LogP contribution in [0.2, 0.25) is 0 Å². The summed E-state index contributed by atoms with van der Waals surface area (Å²) in [5, 5.41) is 1.78. The first kappa shape index (κ1) is 14.6. The highest BCUT2D eigenvalue weighted by atomic mass is 32.2. The van der Waals surface area contributed by atoms with Gasteiger partial charge in [-0.1, -0.05) is 6.07 Å². The molecule has 0 spiro atoms. The topological polar surface area (TPSA) is 59.5 Å². The molecule has 0 aromatic carbocycles. The molecule has 1 aliphatic heterocycles. The van der Waals surface area contributed by atoms with Crippen molar-refractivity contribution in [2.75, 3.05) is 13.1 Å². The molecule has 2 aromatic rings. The third kappa shape index (κ3) is 3.32. The van der Waals surface area contributed by atoms with Gasteiger partial charge in [-0.05, 0) is 35.6 Å². The Morgan fingerprint density at radius 3 is 2.86 bits per heavy atom. The number of rotatable bonds is 5. The first-order valence-electron chi connectivity index (χ1n) is 6.70. The van der Waals surface area contributed by atoms with E-state index >= 15 is 0 Å². The number of ether oxygens (including phenoxy) is 1. The molecule has 5 nitrogen and oxygen atoms in total. The zero-order valence-corrected chi connectivity index (χ0v) is 13.0. The lowest BCUT2D eigenvalue weighted by Crippen LogP contribution is -2.29. The summed E-state index contributed by atoms with van der Waals surface area (Å²) in [6.45, 7) is 1.42. The van der Waals surface area contributed by atoms with E-state index in [4.69, 9.17) is 4.74 Å². The van der Waals surface area contributed by atoms with Gasteiger partial charge in [0.1, 0.15) is 4.21 Å². The zero-order chi connectivity index (χ0) is 14.7. The molecule has 1 saturated heterocycles. The van der Waals surface area contributed by atoms with Crippen LogP contribution in [0.15, 0.2) is 46.2 Å². The average Bonchev–Trinajstić information content (AvgIpc) is 3.18. The lowest BCUT2D eigenvalue weighted by Gasteiger charge is -2.15. The highest BCUT2D eigenvalue weighted by Crippen LogP contribution is 2.25. The molecule has 7 heteroatoms. The molecule has 0 N–H and O–H groups in total. The maximum Gasteiger partial charge on any atom is 0.252 e. The Labute approximate surface area is 128 Å². The average molecular weight is 324 g/mol. The fourth-order valence-electron chi connectivity index (χ4n) is 2.28. The summed E-state index contributed by atoms with van der Waals surface area (Å²) in [5.41, 5.74) is 1.05. The zero-order valence-electron chi connectivity index (χ0n) is 11.4. The molecule has 0 bridgehead atoms. The maximum absolute atomic E-state index is 12.4. The Balaban J connectivity index is 1.59. The van der Waals surface area contributed by atoms with Gasteiger partial charge in [0.05, 0.1) is 12.7 Å². The molecule has 0 amide bonds. The number of hydrogen-bond acceptors (Lipinski definition) is 5. The van der Waals surface area contributed by atoms with Crippen LogP contribution in [-0.4, -0.2) is 36.9 Å². The van der Waals surface area contributed by atoms with Crippen molar-refractivity contribution in [3.8, 4) is 0 Å². The Morgan fingerprint density at radius 1 is 1.33 bits per heavy atom. The Bertz CT molecular complexity index is 672. The quantitative estimate of drug-likeness (QED) is 0.845. The molecule has 3 rings (SSSR count). The number of pyridine rings is 1. The number of thiophene rings is 1. The van der Waals surface area contributed by atoms with Crippen molar-refractivity contribution in [2.45, 2.75) is 23.3 Å². The monoisotopic (exact) mass is 324 g/mol. The molecule has 0 unspecified atom stereocenters. The maximum atomic E-state index is 12.4. The third-order valence-corrected chi connectivity index (χ3v) is 6.67. The second-order valence-corrected chi connectivity index (χ2v) is 7.98. The van der Waals surface area contributed by atoms with Gasteiger partial charge in [0.2, 0.25) is 0 Å². The van der Waals surface area contributed by atoms with Crippen LogP contribution in [-0.2, 0) is 21.4 Å². The van der Waals surface area contributed by atoms with Gasteiger partial charge in [-0.3, -0.25) is 4.98 Å². The smallest absolute Gasteiger partial charge is 0.252 e. The number of nitrogens with zero attached hydrogens (tertiary/aromatic N) is 2. The van der Waals surface area contributed by atoms with Gasteiger partial charge in [0, 0.05) is 25.5 Å². The van der Waals surface area contributed by atoms with Crippen LogP contribution in [0.1, 0.15) is 12.0 Å². The summed E-state index contributed by atoms with van der Waals surface area (Å²) in [7, 11) is -3.35. The summed E-state index contributed by atoms with van der Waals surface area (Å²) in [6, 6.07) is 7.19. The van der Waals surface area contributed by atoms with Crippen molar-refractivity contribution in [2.24, 2.45) is 0 Å². The van der Waals surface area contributed by atoms with E-state index in [9.17, 15) is 8.42 Å². The van der Waals surface area contributed by atoms with Crippen LogP contribution in [0.4, 0.5) is 0 Å². The standard InChI is InChI=1S/C14H16N2O3S2/c17-21(18,14-2-1-9-20-14)16-8-5-13(10-16)19-11-12-3-6-15-7-4-12/h1-4,6-7,9,13H,5,8,10-11H2/t13-/m0/s1. The highest BCUT2D eigenvalue weighted by Gasteiger charge is 2.33. The molecule has 112 valence electrons. The molecule has 0 saturated carbocycles. The van der Waals surface area contributed by atoms with Crippen molar-refractivity contribution >= 4 is 21.4 Å². The predicted octanol–water partition coefficient (Wildman–Crippen LogP) is 2.12. The number of hydrogen-bond donors (Lipinski definition) is 0. The molecule has 2 aromatic heterocycles. The van der Waals surface area contributed by atoms with E-state index in [-0.39, 0.29) is 6.10 Å². The fraction of sp³-hybridized carbons (Fsp3) is 0.357. The number of aromatic nitrogens is 1. The third-order valence-electron chi connectivity index (χ3n) is 3.43. The summed E-state index contributed by atoms with van der Waals surface area (Å²) < 4.78 is 32.5. The van der Waals surface area contributed by atoms with Gasteiger partial charge in [0.15, 0.2) is 0 Å². The van der Waals surface area contributed by atoms with Crippen LogP contribution < -0.4 is 0 Å². The Kier molecular flexibility index (Phi) is 4.34. The molecule has 1 aliphatic rings. The summed E-state index contributed by atoms with van der Waals surface area (Å²) in [4.78, 5) is 3.96. The lowest BCUT2D eigenvalue weighted by atomic mass is 10.3. The van der Waals surface area contributed by atoms with Crippen molar-refractivity contribution in [1.29, 1.82) is 0 Å². The van der Waals surface area contributed by atoms with E-state index in [1.165, 1.54) is 15.6 Å². The fourth-order valence-corrected chi connectivity index (χ4v) is 4.91. The van der Waals surface area contributed by atoms with Gasteiger partial charge >= 0.3 is 0 Å². The minimum atomic E-state index is -3.35. The van der Waals surface area contributed by atoms with Crippen LogP contribution in [0.5, 0.6) is 0 Å². The normalized spacial score (nSPS) is 19.9. The molecule has 0 radical (unpaired) electrons. The van der Waals surface area contributed by atoms with Crippen molar-refractivity contribution in [1.82, 2.24) is 9.29 Å². The molecular formula is C14H16N2O3S2. The molecule has 0 aliphatic carbocycles. The molecule has 1 atom stereocenters. The van der Waals surface area contributed by atoms with Gasteiger partial charge < -0.3 is 4.74 Å². The first-order chi connectivity index (χ1) is 10.2. The molecular weight excluding hydrogens is 308 g/mol. The summed E-state index contributed by atoms with van der Waals surface area (Å²) in [5.74, 6) is 0. The van der Waals surface area contributed by atoms with Crippen LogP contribution in [0, 0.1) is 0 Å².